The van der Waals surface area contributed by atoms with Gasteiger partial charge < -0.3 is 10.2 Å². The van der Waals surface area contributed by atoms with Crippen molar-refractivity contribution < 1.29 is 4.79 Å². The van der Waals surface area contributed by atoms with Gasteiger partial charge in [0, 0.05) is 31.4 Å². The number of hydrogen-bond acceptors (Lipinski definition) is 4. The molecule has 2 aromatic rings. The van der Waals surface area contributed by atoms with Gasteiger partial charge in [0.05, 0.1) is 6.04 Å². The zero-order chi connectivity index (χ0) is 16.1. The van der Waals surface area contributed by atoms with Crippen LogP contribution >= 0.6 is 0 Å². The second-order valence-corrected chi connectivity index (χ2v) is 6.00. The normalized spacial score (nSPS) is 17.5. The summed E-state index contributed by atoms with van der Waals surface area (Å²) in [6.07, 6.45) is 4.24. The Morgan fingerprint density at radius 1 is 1.26 bits per heavy atom. The zero-order valence-electron chi connectivity index (χ0n) is 13.4. The van der Waals surface area contributed by atoms with E-state index in [2.05, 4.69) is 39.6 Å². The van der Waals surface area contributed by atoms with Crippen molar-refractivity contribution in [3.05, 3.63) is 53.9 Å². The number of rotatable bonds is 6. The second kappa shape index (κ2) is 7.22. The lowest BCUT2D eigenvalue weighted by atomic mass is 10.1. The molecular weight excluding hydrogens is 288 g/mol. The van der Waals surface area contributed by atoms with E-state index in [0.29, 0.717) is 12.4 Å². The maximum absolute atomic E-state index is 12.1. The minimum Gasteiger partial charge on any atom is -0.349 e. The summed E-state index contributed by atoms with van der Waals surface area (Å²) in [5.74, 6) is 0.817. The van der Waals surface area contributed by atoms with Crippen molar-refractivity contribution in [3.63, 3.8) is 0 Å². The van der Waals surface area contributed by atoms with Crippen molar-refractivity contribution in [2.24, 2.45) is 0 Å². The maximum Gasteiger partial charge on any atom is 0.224 e. The first-order chi connectivity index (χ1) is 11.2. The highest BCUT2D eigenvalue weighted by atomic mass is 16.2. The number of aromatic nitrogens is 2. The number of nitrogens with one attached hydrogen (secondary N) is 1. The van der Waals surface area contributed by atoms with Crippen molar-refractivity contribution in [2.75, 3.05) is 18.4 Å². The van der Waals surface area contributed by atoms with Crippen molar-refractivity contribution in [1.29, 1.82) is 0 Å². The zero-order valence-corrected chi connectivity index (χ0v) is 13.4. The molecule has 1 aromatic carbocycles. The molecule has 1 aliphatic heterocycles. The summed E-state index contributed by atoms with van der Waals surface area (Å²) in [6, 6.07) is 12.4. The average Bonchev–Trinajstić information content (AvgIpc) is 2.88. The van der Waals surface area contributed by atoms with Crippen LogP contribution in [0.4, 0.5) is 5.95 Å². The van der Waals surface area contributed by atoms with Gasteiger partial charge in [-0.3, -0.25) is 4.79 Å². The highest BCUT2D eigenvalue weighted by Crippen LogP contribution is 2.16. The molecule has 1 atom stereocenters. The molecule has 0 bridgehead atoms. The van der Waals surface area contributed by atoms with Gasteiger partial charge >= 0.3 is 0 Å². The van der Waals surface area contributed by atoms with E-state index in [0.717, 1.165) is 31.6 Å². The highest BCUT2D eigenvalue weighted by molar-refractivity contribution is 5.79. The molecule has 5 nitrogen and oxygen atoms in total. The topological polar surface area (TPSA) is 58.1 Å². The molecule has 1 saturated heterocycles. The number of aryl methyl sites for hydroxylation is 2. The lowest BCUT2D eigenvalue weighted by Crippen LogP contribution is -2.29. The highest BCUT2D eigenvalue weighted by Gasteiger charge is 2.29. The van der Waals surface area contributed by atoms with Crippen LogP contribution in [-0.4, -0.2) is 39.9 Å². The van der Waals surface area contributed by atoms with E-state index in [4.69, 9.17) is 0 Å². The average molecular weight is 310 g/mol. The molecule has 1 fully saturated rings. The Hall–Kier alpha value is -2.43. The number of anilines is 1. The number of carbonyl (C=O) groups excluding carboxylic acids is 1. The van der Waals surface area contributed by atoms with Crippen LogP contribution in [0.3, 0.4) is 0 Å². The lowest BCUT2D eigenvalue weighted by molar-refractivity contribution is -0.127. The van der Waals surface area contributed by atoms with E-state index < -0.39 is 0 Å². The Bertz CT molecular complexity index is 659. The quantitative estimate of drug-likeness (QED) is 0.890. The van der Waals surface area contributed by atoms with Crippen LogP contribution in [0.2, 0.25) is 0 Å². The first kappa shape index (κ1) is 15.5. The van der Waals surface area contributed by atoms with Crippen LogP contribution in [0.15, 0.2) is 42.6 Å². The molecule has 2 heterocycles. The summed E-state index contributed by atoms with van der Waals surface area (Å²) < 4.78 is 0. The Morgan fingerprint density at radius 2 is 2.09 bits per heavy atom. The van der Waals surface area contributed by atoms with Gasteiger partial charge in [-0.1, -0.05) is 30.3 Å². The van der Waals surface area contributed by atoms with Crippen LogP contribution in [0.25, 0.3) is 0 Å². The SMILES string of the molecule is Cc1ccnc(NC2CC(=O)N(CCCc3ccccc3)C2)n1. The summed E-state index contributed by atoms with van der Waals surface area (Å²) in [5, 5.41) is 3.27. The minimum atomic E-state index is 0.0982. The number of nitrogens with zero attached hydrogens (tertiary/aromatic N) is 3. The number of amides is 1. The fourth-order valence-corrected chi connectivity index (χ4v) is 2.90. The molecule has 5 heteroatoms. The summed E-state index contributed by atoms with van der Waals surface area (Å²) in [6.45, 7) is 3.47. The number of hydrogen-bond donors (Lipinski definition) is 1. The van der Waals surface area contributed by atoms with Crippen LogP contribution < -0.4 is 5.32 Å². The molecule has 0 spiro atoms. The van der Waals surface area contributed by atoms with E-state index in [-0.39, 0.29) is 11.9 Å². The molecule has 0 aliphatic carbocycles. The van der Waals surface area contributed by atoms with E-state index in [9.17, 15) is 4.79 Å². The van der Waals surface area contributed by atoms with E-state index in [1.54, 1.807) is 6.20 Å². The lowest BCUT2D eigenvalue weighted by Gasteiger charge is -2.17. The van der Waals surface area contributed by atoms with Crippen LogP contribution in [0.5, 0.6) is 0 Å². The third-order valence-electron chi connectivity index (χ3n) is 4.08. The van der Waals surface area contributed by atoms with Gasteiger partial charge in [-0.15, -0.1) is 0 Å². The van der Waals surface area contributed by atoms with Crippen LogP contribution in [0.1, 0.15) is 24.1 Å². The summed E-state index contributed by atoms with van der Waals surface area (Å²) in [5.41, 5.74) is 2.24. The van der Waals surface area contributed by atoms with Gasteiger partial charge in [-0.25, -0.2) is 9.97 Å². The molecule has 1 N–H and O–H groups in total. The molecule has 23 heavy (non-hydrogen) atoms. The Balaban J connectivity index is 1.47. The monoisotopic (exact) mass is 310 g/mol. The van der Waals surface area contributed by atoms with Gasteiger partial charge in [0.15, 0.2) is 0 Å². The molecule has 0 saturated carbocycles. The van der Waals surface area contributed by atoms with Crippen molar-refractivity contribution >= 4 is 11.9 Å². The summed E-state index contributed by atoms with van der Waals surface area (Å²) in [4.78, 5) is 22.6. The number of benzene rings is 1. The van der Waals surface area contributed by atoms with E-state index in [1.165, 1.54) is 5.56 Å². The predicted molar refractivity (Wildman–Crippen MR) is 90.1 cm³/mol. The Labute approximate surface area is 136 Å². The molecule has 1 aliphatic rings. The van der Waals surface area contributed by atoms with E-state index in [1.807, 2.05) is 24.0 Å². The molecule has 1 unspecified atom stereocenters. The standard InChI is InChI=1S/C18H22N4O/c1-14-9-10-19-18(20-14)21-16-12-17(23)22(13-16)11-5-8-15-6-3-2-4-7-15/h2-4,6-7,9-10,16H,5,8,11-13H2,1H3,(H,19,20,21). The van der Waals surface area contributed by atoms with Crippen molar-refractivity contribution in [3.8, 4) is 0 Å². The van der Waals surface area contributed by atoms with Gasteiger partial charge in [0.1, 0.15) is 0 Å². The van der Waals surface area contributed by atoms with Gasteiger partial charge in [0.25, 0.3) is 0 Å². The van der Waals surface area contributed by atoms with Crippen LogP contribution in [-0.2, 0) is 11.2 Å². The number of likely N-dealkylation sites (tertiary alicyclic amines) is 1. The molecule has 0 radical (unpaired) electrons. The molecule has 1 amide bonds. The smallest absolute Gasteiger partial charge is 0.224 e. The van der Waals surface area contributed by atoms with Crippen molar-refractivity contribution in [1.82, 2.24) is 14.9 Å². The first-order valence-corrected chi connectivity index (χ1v) is 8.08. The molecule has 120 valence electrons. The Kier molecular flexibility index (Phi) is 4.86. The summed E-state index contributed by atoms with van der Waals surface area (Å²) >= 11 is 0. The summed E-state index contributed by atoms with van der Waals surface area (Å²) in [7, 11) is 0. The third-order valence-corrected chi connectivity index (χ3v) is 4.08. The molecule has 1 aromatic heterocycles. The Morgan fingerprint density at radius 3 is 2.87 bits per heavy atom. The maximum atomic E-state index is 12.1. The largest absolute Gasteiger partial charge is 0.349 e. The first-order valence-electron chi connectivity index (χ1n) is 8.08. The molecule has 3 rings (SSSR count). The fourth-order valence-electron chi connectivity index (χ4n) is 2.90. The minimum absolute atomic E-state index is 0.0982. The fraction of sp³-hybridized carbons (Fsp3) is 0.389. The van der Waals surface area contributed by atoms with Crippen LogP contribution in [0, 0.1) is 6.92 Å². The third kappa shape index (κ3) is 4.28. The van der Waals surface area contributed by atoms with Crippen molar-refractivity contribution in [2.45, 2.75) is 32.2 Å². The molecular formula is C18H22N4O. The number of carbonyl (C=O) groups is 1. The predicted octanol–water partition coefficient (Wildman–Crippen LogP) is 2.43. The van der Waals surface area contributed by atoms with Gasteiger partial charge in [-0.05, 0) is 31.4 Å². The van der Waals surface area contributed by atoms with Gasteiger partial charge in [-0.2, -0.15) is 0 Å². The second-order valence-electron chi connectivity index (χ2n) is 6.00. The van der Waals surface area contributed by atoms with E-state index >= 15 is 0 Å². The van der Waals surface area contributed by atoms with Gasteiger partial charge in [0.2, 0.25) is 11.9 Å².